The predicted octanol–water partition coefficient (Wildman–Crippen LogP) is 5.39. The van der Waals surface area contributed by atoms with Crippen molar-refractivity contribution >= 4 is 38.4 Å². The van der Waals surface area contributed by atoms with Crippen molar-refractivity contribution < 1.29 is 13.2 Å². The van der Waals surface area contributed by atoms with Crippen molar-refractivity contribution in [1.82, 2.24) is 0 Å². The van der Waals surface area contributed by atoms with Crippen LogP contribution < -0.4 is 0 Å². The molecule has 0 unspecified atom stereocenters. The average Bonchev–Trinajstić information content (AvgIpc) is 2.19. The summed E-state index contributed by atoms with van der Waals surface area (Å²) in [7, 11) is 0. The Kier molecular flexibility index (Phi) is 4.61. The van der Waals surface area contributed by atoms with Gasteiger partial charge in [-0.05, 0) is 18.2 Å². The van der Waals surface area contributed by atoms with Crippen LogP contribution in [-0.2, 0) is 6.18 Å². The molecular weight excluding hydrogens is 318 g/mol. The number of hydrogen-bond acceptors (Lipinski definition) is 1. The molecule has 0 atom stereocenters. The first-order valence-corrected chi connectivity index (χ1v) is 5.99. The lowest BCUT2D eigenvalue weighted by Gasteiger charge is -2.10. The number of nitrogens with zero attached hydrogens (tertiary/aromatic N) is 1. The first-order chi connectivity index (χ1) is 7.71. The molecule has 0 aliphatic rings. The molecule has 0 fully saturated rings. The Balaban J connectivity index is 3.18. The lowest BCUT2D eigenvalue weighted by molar-refractivity contribution is -0.138. The van der Waals surface area contributed by atoms with Gasteiger partial charge in [-0.1, -0.05) is 41.4 Å². The van der Waals surface area contributed by atoms with Gasteiger partial charge in [-0.2, -0.15) is 13.2 Å². The van der Waals surface area contributed by atoms with E-state index in [1.165, 1.54) is 12.1 Å². The van der Waals surface area contributed by atoms with E-state index >= 15 is 0 Å². The highest BCUT2D eigenvalue weighted by atomic mass is 79.9. The zero-order valence-electron chi connectivity index (χ0n) is 9.15. The second-order valence-electron chi connectivity index (χ2n) is 3.75. The Labute approximate surface area is 111 Å². The smallest absolute Gasteiger partial charge is 0.241 e. The van der Waals surface area contributed by atoms with Gasteiger partial charge >= 0.3 is 6.18 Å². The monoisotopic (exact) mass is 327 g/mol. The van der Waals surface area contributed by atoms with Crippen molar-refractivity contribution in [2.24, 2.45) is 10.9 Å². The van der Waals surface area contributed by atoms with Crippen molar-refractivity contribution in [3.63, 3.8) is 0 Å². The van der Waals surface area contributed by atoms with Crippen LogP contribution >= 0.6 is 27.5 Å². The van der Waals surface area contributed by atoms with Crippen LogP contribution in [0.15, 0.2) is 27.7 Å². The minimum Gasteiger partial charge on any atom is -0.241 e. The molecule has 0 aliphatic carbocycles. The van der Waals surface area contributed by atoms with Gasteiger partial charge in [0.05, 0.1) is 11.3 Å². The highest BCUT2D eigenvalue weighted by Crippen LogP contribution is 2.37. The van der Waals surface area contributed by atoms with E-state index in [0.717, 1.165) is 6.07 Å². The standard InChI is InChI=1S/C11H10BrClF3N/c1-6(2)10(13)17-7-3-4-9(12)8(5-7)11(14,15)16/h3-6H,1-2H3/b17-10-. The third kappa shape index (κ3) is 4.00. The average molecular weight is 329 g/mol. The molecule has 0 saturated carbocycles. The molecule has 17 heavy (non-hydrogen) atoms. The fourth-order valence-corrected chi connectivity index (χ4v) is 1.62. The van der Waals surface area contributed by atoms with Crippen molar-refractivity contribution in [3.8, 4) is 0 Å². The van der Waals surface area contributed by atoms with E-state index < -0.39 is 11.7 Å². The first kappa shape index (κ1) is 14.5. The van der Waals surface area contributed by atoms with Crippen LogP contribution in [0.2, 0.25) is 0 Å². The Bertz CT molecular complexity index is 441. The Morgan fingerprint density at radius 1 is 1.35 bits per heavy atom. The van der Waals surface area contributed by atoms with Crippen LogP contribution in [0, 0.1) is 5.92 Å². The molecule has 0 heterocycles. The third-order valence-electron chi connectivity index (χ3n) is 1.97. The Hall–Kier alpha value is -0.550. The summed E-state index contributed by atoms with van der Waals surface area (Å²) < 4.78 is 37.8. The van der Waals surface area contributed by atoms with Gasteiger partial charge in [0.1, 0.15) is 5.17 Å². The maximum Gasteiger partial charge on any atom is 0.417 e. The van der Waals surface area contributed by atoms with E-state index in [9.17, 15) is 13.2 Å². The van der Waals surface area contributed by atoms with E-state index in [4.69, 9.17) is 11.6 Å². The molecule has 0 spiro atoms. The van der Waals surface area contributed by atoms with E-state index in [1.54, 1.807) is 0 Å². The number of hydrogen-bond donors (Lipinski definition) is 0. The summed E-state index contributed by atoms with van der Waals surface area (Å²) in [6, 6.07) is 3.76. The largest absolute Gasteiger partial charge is 0.417 e. The molecule has 1 aromatic carbocycles. The van der Waals surface area contributed by atoms with Crippen LogP contribution in [0.25, 0.3) is 0 Å². The van der Waals surface area contributed by atoms with Gasteiger partial charge in [0.15, 0.2) is 0 Å². The lowest BCUT2D eigenvalue weighted by Crippen LogP contribution is -2.05. The Morgan fingerprint density at radius 3 is 2.41 bits per heavy atom. The number of benzene rings is 1. The van der Waals surface area contributed by atoms with Crippen LogP contribution in [0.4, 0.5) is 18.9 Å². The summed E-state index contributed by atoms with van der Waals surface area (Å²) in [5, 5.41) is 0.278. The minimum absolute atomic E-state index is 0.00961. The number of rotatable bonds is 2. The van der Waals surface area contributed by atoms with Crippen molar-refractivity contribution in [3.05, 3.63) is 28.2 Å². The predicted molar refractivity (Wildman–Crippen MR) is 66.9 cm³/mol. The molecule has 0 aromatic heterocycles. The fourth-order valence-electron chi connectivity index (χ4n) is 1.05. The second kappa shape index (κ2) is 5.40. The van der Waals surface area contributed by atoms with Gasteiger partial charge < -0.3 is 0 Å². The topological polar surface area (TPSA) is 12.4 Å². The van der Waals surface area contributed by atoms with Crippen molar-refractivity contribution in [2.75, 3.05) is 0 Å². The van der Waals surface area contributed by atoms with Crippen LogP contribution in [0.5, 0.6) is 0 Å². The molecular formula is C11H10BrClF3N. The number of halogens is 5. The van der Waals surface area contributed by atoms with Crippen LogP contribution in [0.1, 0.15) is 19.4 Å². The quantitative estimate of drug-likeness (QED) is 0.645. The van der Waals surface area contributed by atoms with Crippen LogP contribution in [0.3, 0.4) is 0 Å². The maximum atomic E-state index is 12.6. The van der Waals surface area contributed by atoms with Gasteiger partial charge in [0.2, 0.25) is 0 Å². The SMILES string of the molecule is CC(C)/C(Cl)=N/c1ccc(Br)c(C(F)(F)F)c1. The zero-order chi connectivity index (χ0) is 13.2. The first-order valence-electron chi connectivity index (χ1n) is 4.82. The summed E-state index contributed by atoms with van der Waals surface area (Å²) >= 11 is 8.67. The third-order valence-corrected chi connectivity index (χ3v) is 3.18. The molecule has 0 amide bonds. The van der Waals surface area contributed by atoms with Crippen LogP contribution in [-0.4, -0.2) is 5.17 Å². The van der Waals surface area contributed by atoms with Gasteiger partial charge in [-0.3, -0.25) is 0 Å². The van der Waals surface area contributed by atoms with Gasteiger partial charge in [-0.15, -0.1) is 0 Å². The molecule has 1 aromatic rings. The van der Waals surface area contributed by atoms with E-state index in [-0.39, 0.29) is 21.2 Å². The van der Waals surface area contributed by atoms with E-state index in [1.807, 2.05) is 13.8 Å². The normalized spacial score (nSPS) is 13.3. The highest BCUT2D eigenvalue weighted by molar-refractivity contribution is 9.10. The molecule has 0 aliphatic heterocycles. The molecule has 1 rings (SSSR count). The summed E-state index contributed by atoms with van der Waals surface area (Å²) in [5.74, 6) is -0.0188. The summed E-state index contributed by atoms with van der Waals surface area (Å²) in [6.07, 6.45) is -4.41. The molecule has 6 heteroatoms. The molecule has 0 bridgehead atoms. The number of alkyl halides is 3. The van der Waals surface area contributed by atoms with E-state index in [0.29, 0.717) is 0 Å². The molecule has 94 valence electrons. The van der Waals surface area contributed by atoms with Gasteiger partial charge in [0, 0.05) is 10.4 Å². The summed E-state index contributed by atoms with van der Waals surface area (Å²) in [6.45, 7) is 3.63. The Morgan fingerprint density at radius 2 is 1.94 bits per heavy atom. The summed E-state index contributed by atoms with van der Waals surface area (Å²) in [5.41, 5.74) is -0.564. The molecule has 1 nitrogen and oxygen atoms in total. The van der Waals surface area contributed by atoms with Gasteiger partial charge in [0.25, 0.3) is 0 Å². The molecule has 0 radical (unpaired) electrons. The zero-order valence-corrected chi connectivity index (χ0v) is 11.5. The van der Waals surface area contributed by atoms with Crippen molar-refractivity contribution in [2.45, 2.75) is 20.0 Å². The maximum absolute atomic E-state index is 12.6. The fraction of sp³-hybridized carbons (Fsp3) is 0.364. The second-order valence-corrected chi connectivity index (χ2v) is 4.99. The van der Waals surface area contributed by atoms with E-state index in [2.05, 4.69) is 20.9 Å². The lowest BCUT2D eigenvalue weighted by atomic mass is 10.2. The van der Waals surface area contributed by atoms with Gasteiger partial charge in [-0.25, -0.2) is 4.99 Å². The molecule has 0 N–H and O–H groups in total. The number of aliphatic imine (C=N–C) groups is 1. The molecule has 0 saturated heterocycles. The van der Waals surface area contributed by atoms with Crippen molar-refractivity contribution in [1.29, 1.82) is 0 Å². The summed E-state index contributed by atoms with van der Waals surface area (Å²) in [4.78, 5) is 3.94. The minimum atomic E-state index is -4.41. The highest BCUT2D eigenvalue weighted by Gasteiger charge is 2.33.